The first-order valence-electron chi connectivity index (χ1n) is 12.1. The number of methoxy groups -OCH3 is 2. The zero-order valence-corrected chi connectivity index (χ0v) is 20.3. The zero-order chi connectivity index (χ0) is 24.6. The maximum atomic E-state index is 13.4. The molecule has 2 saturated heterocycles. The molecular weight excluding hydrogens is 454 g/mol. The minimum Gasteiger partial charge on any atom is -0.497 e. The van der Waals surface area contributed by atoms with Crippen LogP contribution in [0, 0.1) is 0 Å². The van der Waals surface area contributed by atoms with Crippen LogP contribution in [-0.4, -0.2) is 81.1 Å². The van der Waals surface area contributed by atoms with Crippen LogP contribution in [0.3, 0.4) is 0 Å². The first-order valence-corrected chi connectivity index (χ1v) is 12.1. The molecular formula is C25H33N3O7. The van der Waals surface area contributed by atoms with Gasteiger partial charge in [-0.25, -0.2) is 0 Å². The van der Waals surface area contributed by atoms with E-state index in [4.69, 9.17) is 23.5 Å². The number of aromatic nitrogens is 1. The van der Waals surface area contributed by atoms with Crippen molar-refractivity contribution in [3.8, 4) is 22.8 Å². The molecule has 4 rings (SSSR count). The van der Waals surface area contributed by atoms with E-state index in [1.54, 1.807) is 43.4 Å². The Morgan fingerprint density at radius 2 is 1.86 bits per heavy atom. The van der Waals surface area contributed by atoms with E-state index >= 15 is 0 Å². The van der Waals surface area contributed by atoms with Gasteiger partial charge in [-0.3, -0.25) is 9.59 Å². The first-order chi connectivity index (χ1) is 17.1. The highest BCUT2D eigenvalue weighted by atomic mass is 16.5. The quantitative estimate of drug-likeness (QED) is 0.515. The molecule has 2 aromatic rings. The monoisotopic (exact) mass is 487 g/mol. The second-order valence-electron chi connectivity index (χ2n) is 8.72. The van der Waals surface area contributed by atoms with E-state index in [1.165, 1.54) is 0 Å². The van der Waals surface area contributed by atoms with Crippen LogP contribution in [0.1, 0.15) is 42.6 Å². The molecule has 0 spiro atoms. The van der Waals surface area contributed by atoms with Gasteiger partial charge in [0.2, 0.25) is 5.91 Å². The lowest BCUT2D eigenvalue weighted by molar-refractivity contribution is -0.121. The third kappa shape index (κ3) is 6.52. The molecule has 35 heavy (non-hydrogen) atoms. The first kappa shape index (κ1) is 25.0. The maximum Gasteiger partial charge on any atom is 0.276 e. The van der Waals surface area contributed by atoms with Crippen LogP contribution in [0.15, 0.2) is 28.8 Å². The van der Waals surface area contributed by atoms with E-state index in [9.17, 15) is 9.59 Å². The lowest BCUT2D eigenvalue weighted by Gasteiger charge is -2.24. The summed E-state index contributed by atoms with van der Waals surface area (Å²) in [5.74, 6) is 1.14. The number of ether oxygens (including phenoxy) is 4. The largest absolute Gasteiger partial charge is 0.497 e. The van der Waals surface area contributed by atoms with Crippen molar-refractivity contribution in [2.75, 3.05) is 47.1 Å². The molecule has 1 aromatic heterocycles. The van der Waals surface area contributed by atoms with Gasteiger partial charge in [-0.15, -0.1) is 0 Å². The van der Waals surface area contributed by atoms with E-state index in [-0.39, 0.29) is 42.7 Å². The number of amides is 2. The number of hydrogen-bond acceptors (Lipinski definition) is 8. The molecule has 10 heteroatoms. The summed E-state index contributed by atoms with van der Waals surface area (Å²) in [6.45, 7) is 2.56. The molecule has 2 atom stereocenters. The Labute approximate surface area is 204 Å². The predicted octanol–water partition coefficient (Wildman–Crippen LogP) is 2.67. The zero-order valence-electron chi connectivity index (χ0n) is 20.3. The van der Waals surface area contributed by atoms with E-state index in [2.05, 4.69) is 10.5 Å². The third-order valence-corrected chi connectivity index (χ3v) is 6.30. The average Bonchev–Trinajstić information content (AvgIpc) is 3.67. The maximum absolute atomic E-state index is 13.4. The Morgan fingerprint density at radius 3 is 2.54 bits per heavy atom. The van der Waals surface area contributed by atoms with Gasteiger partial charge in [0.05, 0.1) is 32.0 Å². The van der Waals surface area contributed by atoms with Crippen molar-refractivity contribution in [1.29, 1.82) is 0 Å². The Hall–Kier alpha value is -3.11. The molecule has 2 aliphatic rings. The third-order valence-electron chi connectivity index (χ3n) is 6.30. The predicted molar refractivity (Wildman–Crippen MR) is 127 cm³/mol. The van der Waals surface area contributed by atoms with Crippen molar-refractivity contribution in [3.05, 3.63) is 30.0 Å². The standard InChI is InChI=1S/C25H33N3O7/c1-31-17-7-8-22(32-2)20(13-17)23-14-21(27-35-23)25(30)28(16-19-6-4-12-34-19)10-9-24(29)26-15-18-5-3-11-33-18/h7-8,13-14,18-19H,3-6,9-12,15-16H2,1-2H3,(H,26,29)/t18-,19-/m1/s1. The summed E-state index contributed by atoms with van der Waals surface area (Å²) in [5.41, 5.74) is 0.778. The highest BCUT2D eigenvalue weighted by Gasteiger charge is 2.27. The van der Waals surface area contributed by atoms with E-state index in [0.29, 0.717) is 42.5 Å². The molecule has 1 N–H and O–H groups in total. The number of nitrogens with one attached hydrogen (secondary N) is 1. The van der Waals surface area contributed by atoms with E-state index in [1.807, 2.05) is 0 Å². The summed E-state index contributed by atoms with van der Waals surface area (Å²) in [6.07, 6.45) is 4.00. The van der Waals surface area contributed by atoms with Crippen LogP contribution in [0.4, 0.5) is 0 Å². The second-order valence-corrected chi connectivity index (χ2v) is 8.72. The molecule has 0 radical (unpaired) electrons. The van der Waals surface area contributed by atoms with Gasteiger partial charge in [0.25, 0.3) is 5.91 Å². The smallest absolute Gasteiger partial charge is 0.276 e. The normalized spacial score (nSPS) is 19.5. The Balaban J connectivity index is 1.44. The average molecular weight is 488 g/mol. The van der Waals surface area contributed by atoms with Crippen molar-refractivity contribution in [3.63, 3.8) is 0 Å². The van der Waals surface area contributed by atoms with Gasteiger partial charge in [-0.1, -0.05) is 5.16 Å². The van der Waals surface area contributed by atoms with Crippen molar-refractivity contribution in [2.24, 2.45) is 0 Å². The fraction of sp³-hybridized carbons (Fsp3) is 0.560. The summed E-state index contributed by atoms with van der Waals surface area (Å²) in [6, 6.07) is 6.88. The van der Waals surface area contributed by atoms with Gasteiger partial charge in [0.15, 0.2) is 11.5 Å². The van der Waals surface area contributed by atoms with Crippen LogP contribution < -0.4 is 14.8 Å². The molecule has 2 aliphatic heterocycles. The topological polar surface area (TPSA) is 112 Å². The fourth-order valence-corrected chi connectivity index (χ4v) is 4.34. The van der Waals surface area contributed by atoms with E-state index < -0.39 is 0 Å². The Morgan fingerprint density at radius 1 is 1.09 bits per heavy atom. The molecule has 0 saturated carbocycles. The lowest BCUT2D eigenvalue weighted by atomic mass is 10.1. The van der Waals surface area contributed by atoms with Crippen LogP contribution in [0.5, 0.6) is 11.5 Å². The minimum atomic E-state index is -0.315. The van der Waals surface area contributed by atoms with Crippen molar-refractivity contribution in [2.45, 2.75) is 44.3 Å². The molecule has 2 amide bonds. The summed E-state index contributed by atoms with van der Waals surface area (Å²) in [7, 11) is 3.13. The molecule has 190 valence electrons. The van der Waals surface area contributed by atoms with Gasteiger partial charge in [-0.05, 0) is 43.9 Å². The van der Waals surface area contributed by atoms with Gasteiger partial charge < -0.3 is 33.7 Å². The number of benzene rings is 1. The summed E-state index contributed by atoms with van der Waals surface area (Å²) in [4.78, 5) is 27.4. The molecule has 0 bridgehead atoms. The Kier molecular flexibility index (Phi) is 8.59. The molecule has 1 aromatic carbocycles. The Bertz CT molecular complexity index is 997. The molecule has 3 heterocycles. The summed E-state index contributed by atoms with van der Waals surface area (Å²) < 4.78 is 27.5. The molecule has 0 unspecified atom stereocenters. The highest BCUT2D eigenvalue weighted by Crippen LogP contribution is 2.34. The minimum absolute atomic E-state index is 0.0567. The summed E-state index contributed by atoms with van der Waals surface area (Å²) in [5, 5.41) is 6.92. The lowest BCUT2D eigenvalue weighted by Crippen LogP contribution is -2.40. The van der Waals surface area contributed by atoms with Crippen molar-refractivity contribution in [1.82, 2.24) is 15.4 Å². The van der Waals surface area contributed by atoms with Crippen LogP contribution in [0.25, 0.3) is 11.3 Å². The summed E-state index contributed by atoms with van der Waals surface area (Å²) >= 11 is 0. The van der Waals surface area contributed by atoms with Gasteiger partial charge in [0.1, 0.15) is 11.5 Å². The number of rotatable bonds is 11. The van der Waals surface area contributed by atoms with Crippen LogP contribution in [-0.2, 0) is 14.3 Å². The van der Waals surface area contributed by atoms with Crippen molar-refractivity contribution < 1.29 is 33.1 Å². The van der Waals surface area contributed by atoms with Crippen LogP contribution in [0.2, 0.25) is 0 Å². The van der Waals surface area contributed by atoms with E-state index in [0.717, 1.165) is 32.3 Å². The number of carbonyl (C=O) groups is 2. The molecule has 2 fully saturated rings. The van der Waals surface area contributed by atoms with Gasteiger partial charge >= 0.3 is 0 Å². The number of nitrogens with zero attached hydrogens (tertiary/aromatic N) is 2. The molecule has 0 aliphatic carbocycles. The van der Waals surface area contributed by atoms with Crippen molar-refractivity contribution >= 4 is 11.8 Å². The second kappa shape index (κ2) is 12.0. The molecule has 10 nitrogen and oxygen atoms in total. The SMILES string of the molecule is COc1ccc(OC)c(-c2cc(C(=O)N(CCC(=O)NC[C@H]3CCCO3)C[C@H]3CCCO3)no2)c1. The highest BCUT2D eigenvalue weighted by molar-refractivity contribution is 5.93. The van der Waals surface area contributed by atoms with Gasteiger partial charge in [0, 0.05) is 45.3 Å². The van der Waals surface area contributed by atoms with Gasteiger partial charge in [-0.2, -0.15) is 0 Å². The number of carbonyl (C=O) groups excluding carboxylic acids is 2. The fourth-order valence-electron chi connectivity index (χ4n) is 4.34. The van der Waals surface area contributed by atoms with Crippen LogP contribution >= 0.6 is 0 Å². The number of hydrogen-bond donors (Lipinski definition) is 1.